The molecule has 1 amide bonds. The molecule has 0 fully saturated rings. The fourth-order valence-corrected chi connectivity index (χ4v) is 3.07. The van der Waals surface area contributed by atoms with Crippen molar-refractivity contribution in [2.24, 2.45) is 0 Å². The molecule has 1 rings (SSSR count). The number of hydrogen-bond acceptors (Lipinski definition) is 4. The van der Waals surface area contributed by atoms with Crippen molar-refractivity contribution in [1.29, 1.82) is 0 Å². The van der Waals surface area contributed by atoms with Crippen LogP contribution in [0.1, 0.15) is 24.3 Å². The summed E-state index contributed by atoms with van der Waals surface area (Å²) in [7, 11) is -3.64. The minimum Gasteiger partial charge on any atom is -0.480 e. The fraction of sp³-hybridized carbons (Fsp3) is 0.455. The van der Waals surface area contributed by atoms with E-state index in [0.717, 1.165) is 0 Å². The Morgan fingerprint density at radius 1 is 1.35 bits per heavy atom. The monoisotopic (exact) mass is 303 g/mol. The third-order valence-corrected chi connectivity index (χ3v) is 4.67. The quantitative estimate of drug-likeness (QED) is 0.647. The standard InChI is InChI=1S/C11H17N3O5S/c1-3-14(4-2)20(18,19)8-5-9(12-6-8)11(17)13-7-10(15)16/h5-6,12H,3-4,7H2,1-2H3,(H,13,17)(H,15,16). The molecule has 0 saturated carbocycles. The highest BCUT2D eigenvalue weighted by atomic mass is 32.2. The van der Waals surface area contributed by atoms with Crippen LogP contribution in [-0.2, 0) is 14.8 Å². The molecule has 0 aliphatic rings. The van der Waals surface area contributed by atoms with Gasteiger partial charge >= 0.3 is 5.97 Å². The van der Waals surface area contributed by atoms with Crippen molar-refractivity contribution in [2.45, 2.75) is 18.7 Å². The molecule has 1 aromatic rings. The summed E-state index contributed by atoms with van der Waals surface area (Å²) in [5.74, 6) is -1.85. The number of carbonyl (C=O) groups excluding carboxylic acids is 1. The van der Waals surface area contributed by atoms with Crippen LogP contribution >= 0.6 is 0 Å². The molecule has 0 aromatic carbocycles. The molecule has 1 aromatic heterocycles. The Bertz CT molecular complexity index is 589. The van der Waals surface area contributed by atoms with Crippen LogP contribution in [0.5, 0.6) is 0 Å². The van der Waals surface area contributed by atoms with Crippen LogP contribution in [0.25, 0.3) is 0 Å². The number of sulfonamides is 1. The number of carboxylic acids is 1. The number of carbonyl (C=O) groups is 2. The molecule has 0 saturated heterocycles. The van der Waals surface area contributed by atoms with Gasteiger partial charge in [-0.25, -0.2) is 8.42 Å². The number of H-pyrrole nitrogens is 1. The van der Waals surface area contributed by atoms with Gasteiger partial charge in [-0.1, -0.05) is 13.8 Å². The average Bonchev–Trinajstić information content (AvgIpc) is 2.87. The van der Waals surface area contributed by atoms with Crippen LogP contribution in [0, 0.1) is 0 Å². The number of aromatic nitrogens is 1. The molecule has 0 aliphatic heterocycles. The smallest absolute Gasteiger partial charge is 0.322 e. The second-order valence-corrected chi connectivity index (χ2v) is 5.85. The number of aliphatic carboxylic acids is 1. The summed E-state index contributed by atoms with van der Waals surface area (Å²) in [5, 5.41) is 10.6. The summed E-state index contributed by atoms with van der Waals surface area (Å²) in [6, 6.07) is 1.19. The summed E-state index contributed by atoms with van der Waals surface area (Å²) in [6.45, 7) is 3.55. The van der Waals surface area contributed by atoms with E-state index in [1.165, 1.54) is 16.6 Å². The van der Waals surface area contributed by atoms with Gasteiger partial charge in [0.2, 0.25) is 10.0 Å². The van der Waals surface area contributed by atoms with E-state index in [1.54, 1.807) is 13.8 Å². The van der Waals surface area contributed by atoms with E-state index >= 15 is 0 Å². The van der Waals surface area contributed by atoms with Crippen molar-refractivity contribution in [3.8, 4) is 0 Å². The predicted octanol–water partition coefficient (Wildman–Crippen LogP) is -0.140. The minimum atomic E-state index is -3.64. The lowest BCUT2D eigenvalue weighted by Crippen LogP contribution is -2.30. The fourth-order valence-electron chi connectivity index (χ4n) is 1.62. The number of carboxylic acid groups (broad SMARTS) is 1. The van der Waals surface area contributed by atoms with Crippen molar-refractivity contribution in [3.63, 3.8) is 0 Å². The van der Waals surface area contributed by atoms with Gasteiger partial charge in [0, 0.05) is 19.3 Å². The molecule has 112 valence electrons. The topological polar surface area (TPSA) is 120 Å². The number of aromatic amines is 1. The molecule has 20 heavy (non-hydrogen) atoms. The van der Waals surface area contributed by atoms with Gasteiger partial charge in [-0.3, -0.25) is 9.59 Å². The Morgan fingerprint density at radius 3 is 2.45 bits per heavy atom. The van der Waals surface area contributed by atoms with Gasteiger partial charge in [0.25, 0.3) is 5.91 Å². The highest BCUT2D eigenvalue weighted by Crippen LogP contribution is 2.16. The molecule has 0 atom stereocenters. The van der Waals surface area contributed by atoms with Crippen molar-refractivity contribution in [1.82, 2.24) is 14.6 Å². The summed E-state index contributed by atoms with van der Waals surface area (Å²) >= 11 is 0. The Labute approximate surface area is 116 Å². The predicted molar refractivity (Wildman–Crippen MR) is 70.9 cm³/mol. The van der Waals surface area contributed by atoms with Gasteiger partial charge in [0.1, 0.15) is 17.1 Å². The summed E-state index contributed by atoms with van der Waals surface area (Å²) in [5.41, 5.74) is -0.00280. The SMILES string of the molecule is CCN(CC)S(=O)(=O)c1c[nH]c(C(=O)NCC(=O)O)c1. The zero-order chi connectivity index (χ0) is 15.3. The normalized spacial score (nSPS) is 11.6. The lowest BCUT2D eigenvalue weighted by atomic mass is 10.4. The van der Waals surface area contributed by atoms with Gasteiger partial charge in [-0.15, -0.1) is 0 Å². The van der Waals surface area contributed by atoms with E-state index in [1.807, 2.05) is 0 Å². The molecule has 0 bridgehead atoms. The van der Waals surface area contributed by atoms with E-state index in [9.17, 15) is 18.0 Å². The number of rotatable bonds is 7. The lowest BCUT2D eigenvalue weighted by Gasteiger charge is -2.16. The molecule has 0 unspecified atom stereocenters. The Hall–Kier alpha value is -1.87. The molecule has 0 aliphatic carbocycles. The number of nitrogens with one attached hydrogen (secondary N) is 2. The molecule has 0 radical (unpaired) electrons. The first-order valence-electron chi connectivity index (χ1n) is 6.01. The molecular weight excluding hydrogens is 286 g/mol. The Balaban J connectivity index is 2.92. The van der Waals surface area contributed by atoms with Crippen molar-refractivity contribution in [3.05, 3.63) is 18.0 Å². The third kappa shape index (κ3) is 3.58. The first-order chi connectivity index (χ1) is 9.32. The first-order valence-corrected chi connectivity index (χ1v) is 7.45. The molecule has 0 spiro atoms. The summed E-state index contributed by atoms with van der Waals surface area (Å²) in [6.07, 6.45) is 1.21. The zero-order valence-corrected chi connectivity index (χ0v) is 12.0. The maximum Gasteiger partial charge on any atom is 0.322 e. The van der Waals surface area contributed by atoms with Crippen LogP contribution in [0.15, 0.2) is 17.2 Å². The van der Waals surface area contributed by atoms with Gasteiger partial charge in [0.05, 0.1) is 0 Å². The molecule has 8 nitrogen and oxygen atoms in total. The van der Waals surface area contributed by atoms with Crippen LogP contribution in [0.2, 0.25) is 0 Å². The number of hydrogen-bond donors (Lipinski definition) is 3. The zero-order valence-electron chi connectivity index (χ0n) is 11.2. The highest BCUT2D eigenvalue weighted by molar-refractivity contribution is 7.89. The van der Waals surface area contributed by atoms with Crippen LogP contribution in [0.4, 0.5) is 0 Å². The van der Waals surface area contributed by atoms with Crippen molar-refractivity contribution < 1.29 is 23.1 Å². The molecule has 1 heterocycles. The Morgan fingerprint density at radius 2 is 1.95 bits per heavy atom. The summed E-state index contributed by atoms with van der Waals surface area (Å²) < 4.78 is 25.6. The number of nitrogens with zero attached hydrogens (tertiary/aromatic N) is 1. The average molecular weight is 303 g/mol. The van der Waals surface area contributed by atoms with Crippen molar-refractivity contribution >= 4 is 21.9 Å². The highest BCUT2D eigenvalue weighted by Gasteiger charge is 2.24. The van der Waals surface area contributed by atoms with E-state index < -0.39 is 28.4 Å². The molecule has 9 heteroatoms. The lowest BCUT2D eigenvalue weighted by molar-refractivity contribution is -0.135. The van der Waals surface area contributed by atoms with Crippen LogP contribution in [0.3, 0.4) is 0 Å². The third-order valence-electron chi connectivity index (χ3n) is 2.64. The van der Waals surface area contributed by atoms with E-state index in [2.05, 4.69) is 10.3 Å². The van der Waals surface area contributed by atoms with E-state index in [-0.39, 0.29) is 10.6 Å². The largest absolute Gasteiger partial charge is 0.480 e. The Kier molecular flexibility index (Phi) is 5.28. The first kappa shape index (κ1) is 16.2. The maximum atomic E-state index is 12.2. The van der Waals surface area contributed by atoms with Gasteiger partial charge in [0.15, 0.2) is 0 Å². The van der Waals surface area contributed by atoms with Gasteiger partial charge in [-0.2, -0.15) is 4.31 Å². The van der Waals surface area contributed by atoms with Crippen LogP contribution < -0.4 is 5.32 Å². The van der Waals surface area contributed by atoms with Gasteiger partial charge < -0.3 is 15.4 Å². The summed E-state index contributed by atoms with van der Waals surface area (Å²) in [4.78, 5) is 24.4. The maximum absolute atomic E-state index is 12.2. The molecular formula is C11H17N3O5S. The van der Waals surface area contributed by atoms with Crippen LogP contribution in [-0.4, -0.2) is 54.3 Å². The molecule has 3 N–H and O–H groups in total. The number of amides is 1. The van der Waals surface area contributed by atoms with E-state index in [0.29, 0.717) is 13.1 Å². The second-order valence-electron chi connectivity index (χ2n) is 3.91. The van der Waals surface area contributed by atoms with Gasteiger partial charge in [-0.05, 0) is 6.07 Å². The minimum absolute atomic E-state index is 0.00280. The van der Waals surface area contributed by atoms with Crippen molar-refractivity contribution in [2.75, 3.05) is 19.6 Å². The van der Waals surface area contributed by atoms with E-state index in [4.69, 9.17) is 5.11 Å². The second kappa shape index (κ2) is 6.53.